The number of methoxy groups -OCH3 is 2. The Morgan fingerprint density at radius 3 is 2.81 bits per heavy atom. The van der Waals surface area contributed by atoms with Crippen LogP contribution in [0.25, 0.3) is 28.1 Å². The largest absolute Gasteiger partial charge is 0.495 e. The van der Waals surface area contributed by atoms with Crippen molar-refractivity contribution in [2.45, 2.75) is 6.23 Å². The van der Waals surface area contributed by atoms with Gasteiger partial charge in [-0.1, -0.05) is 11.6 Å². The standard InChI is InChI=1S/C20H23ClFN7O3/c1-27(7-8-31-3)20(30)19-24-18(25-26-19)17-16(29-6-5-23-10-29)11-9-12(32-4)13(21)14(22)15(11)28(17)2/h5-6,9-10,20,30H,7-8H2,1-4H3,(H,24,25,26). The number of ether oxygens (including phenoxy) is 2. The number of imidazole rings is 1. The van der Waals surface area contributed by atoms with Crippen molar-refractivity contribution in [3.8, 4) is 23.0 Å². The van der Waals surface area contributed by atoms with Gasteiger partial charge in [-0.15, -0.1) is 0 Å². The van der Waals surface area contributed by atoms with E-state index < -0.39 is 12.0 Å². The number of aromatic amines is 1. The number of fused-ring (bicyclic) bond motifs is 1. The fraction of sp³-hybridized carbons (Fsp3) is 0.350. The molecule has 0 bridgehead atoms. The van der Waals surface area contributed by atoms with Crippen molar-refractivity contribution >= 4 is 22.5 Å². The van der Waals surface area contributed by atoms with E-state index in [4.69, 9.17) is 21.1 Å². The summed E-state index contributed by atoms with van der Waals surface area (Å²) < 4.78 is 28.9. The van der Waals surface area contributed by atoms with Crippen LogP contribution in [-0.4, -0.2) is 73.7 Å². The van der Waals surface area contributed by atoms with Gasteiger partial charge in [-0.05, 0) is 13.1 Å². The number of nitrogens with zero attached hydrogens (tertiary/aromatic N) is 6. The van der Waals surface area contributed by atoms with Gasteiger partial charge in [0.15, 0.2) is 23.7 Å². The maximum Gasteiger partial charge on any atom is 0.194 e. The van der Waals surface area contributed by atoms with Gasteiger partial charge in [0, 0.05) is 38.5 Å². The van der Waals surface area contributed by atoms with Gasteiger partial charge in [-0.2, -0.15) is 5.10 Å². The van der Waals surface area contributed by atoms with Gasteiger partial charge in [0.25, 0.3) is 0 Å². The lowest BCUT2D eigenvalue weighted by molar-refractivity contribution is 0.000287. The quantitative estimate of drug-likeness (QED) is 0.387. The van der Waals surface area contributed by atoms with Gasteiger partial charge in [-0.3, -0.25) is 10.00 Å². The summed E-state index contributed by atoms with van der Waals surface area (Å²) in [7, 11) is 6.45. The van der Waals surface area contributed by atoms with Crippen molar-refractivity contribution < 1.29 is 19.0 Å². The van der Waals surface area contributed by atoms with Gasteiger partial charge in [0.1, 0.15) is 16.5 Å². The van der Waals surface area contributed by atoms with Crippen molar-refractivity contribution in [1.82, 2.24) is 34.2 Å². The van der Waals surface area contributed by atoms with Crippen LogP contribution in [0.5, 0.6) is 5.75 Å². The third-order valence-electron chi connectivity index (χ3n) is 5.30. The molecular weight excluding hydrogens is 441 g/mol. The highest BCUT2D eigenvalue weighted by Crippen LogP contribution is 2.41. The first kappa shape index (κ1) is 22.2. The van der Waals surface area contributed by atoms with Crippen LogP contribution in [0.4, 0.5) is 4.39 Å². The third kappa shape index (κ3) is 3.62. The van der Waals surface area contributed by atoms with Gasteiger partial charge >= 0.3 is 0 Å². The molecule has 3 aromatic heterocycles. The summed E-state index contributed by atoms with van der Waals surface area (Å²) in [5.74, 6) is 0.117. The Morgan fingerprint density at radius 2 is 2.16 bits per heavy atom. The molecule has 0 amide bonds. The molecule has 10 nitrogen and oxygen atoms in total. The first-order valence-corrected chi connectivity index (χ1v) is 10.1. The predicted molar refractivity (Wildman–Crippen MR) is 116 cm³/mol. The van der Waals surface area contributed by atoms with E-state index in [1.54, 1.807) is 60.0 Å². The lowest BCUT2D eigenvalue weighted by atomic mass is 10.2. The third-order valence-corrected chi connectivity index (χ3v) is 5.66. The summed E-state index contributed by atoms with van der Waals surface area (Å²) in [5, 5.41) is 18.1. The summed E-state index contributed by atoms with van der Waals surface area (Å²) in [6, 6.07) is 1.67. The Balaban J connectivity index is 1.90. The van der Waals surface area contributed by atoms with Gasteiger partial charge in [0.2, 0.25) is 0 Å². The molecule has 4 aromatic rings. The van der Waals surface area contributed by atoms with E-state index in [9.17, 15) is 5.11 Å². The molecule has 0 fully saturated rings. The van der Waals surface area contributed by atoms with E-state index in [2.05, 4.69) is 20.2 Å². The Labute approximate surface area is 188 Å². The average Bonchev–Trinajstić information content (AvgIpc) is 3.53. The second-order valence-electron chi connectivity index (χ2n) is 7.22. The number of H-pyrrole nitrogens is 1. The lowest BCUT2D eigenvalue weighted by Gasteiger charge is -2.20. The number of aryl methyl sites for hydroxylation is 1. The first-order valence-electron chi connectivity index (χ1n) is 9.71. The van der Waals surface area contributed by atoms with Crippen LogP contribution in [0.1, 0.15) is 12.1 Å². The highest BCUT2D eigenvalue weighted by molar-refractivity contribution is 6.33. The SMILES string of the molecule is COCCN(C)C(O)c1n[nH]c(-c2c(-n3ccnc3)c3cc(OC)c(Cl)c(F)c3n2C)n1. The van der Waals surface area contributed by atoms with Gasteiger partial charge < -0.3 is 23.7 Å². The summed E-state index contributed by atoms with van der Waals surface area (Å²) in [6.45, 7) is 0.931. The molecule has 12 heteroatoms. The first-order chi connectivity index (χ1) is 15.4. The molecular formula is C20H23ClFN7O3. The fourth-order valence-corrected chi connectivity index (χ4v) is 3.84. The second-order valence-corrected chi connectivity index (χ2v) is 7.60. The molecule has 0 saturated carbocycles. The minimum Gasteiger partial charge on any atom is -0.495 e. The maximum atomic E-state index is 15.3. The van der Waals surface area contributed by atoms with E-state index in [1.165, 1.54) is 7.11 Å². The fourth-order valence-electron chi connectivity index (χ4n) is 3.62. The number of aliphatic hydroxyl groups excluding tert-OH is 1. The Kier molecular flexibility index (Phi) is 6.15. The Bertz CT molecular complexity index is 1240. The Morgan fingerprint density at radius 1 is 1.38 bits per heavy atom. The number of hydrogen-bond donors (Lipinski definition) is 2. The molecule has 0 radical (unpaired) electrons. The normalized spacial score (nSPS) is 12.8. The minimum absolute atomic E-state index is 0.113. The lowest BCUT2D eigenvalue weighted by Crippen LogP contribution is -2.28. The zero-order valence-electron chi connectivity index (χ0n) is 18.0. The van der Waals surface area contributed by atoms with Crippen LogP contribution in [0.3, 0.4) is 0 Å². The zero-order chi connectivity index (χ0) is 23.0. The summed E-state index contributed by atoms with van der Waals surface area (Å²) in [5.41, 5.74) is 1.41. The smallest absolute Gasteiger partial charge is 0.194 e. The molecule has 0 aliphatic carbocycles. The number of halogens is 2. The number of likely N-dealkylation sites (N-methyl/N-ethyl adjacent to an activating group) is 1. The predicted octanol–water partition coefficient (Wildman–Crippen LogP) is 2.52. The topological polar surface area (TPSA) is 106 Å². The van der Waals surface area contributed by atoms with E-state index in [1.807, 2.05) is 0 Å². The molecule has 1 aromatic carbocycles. The van der Waals surface area contributed by atoms with Crippen molar-refractivity contribution in [2.75, 3.05) is 34.4 Å². The highest BCUT2D eigenvalue weighted by Gasteiger charge is 2.27. The number of nitrogens with one attached hydrogen (secondary N) is 1. The Hall–Kier alpha value is -2.99. The number of aliphatic hydroxyl groups is 1. The molecule has 3 heterocycles. The summed E-state index contributed by atoms with van der Waals surface area (Å²) in [6.07, 6.45) is 3.91. The number of rotatable bonds is 8. The van der Waals surface area contributed by atoms with Crippen LogP contribution in [0, 0.1) is 5.82 Å². The number of benzene rings is 1. The van der Waals surface area contributed by atoms with E-state index in [0.717, 1.165) is 0 Å². The second kappa shape index (κ2) is 8.87. The molecule has 170 valence electrons. The summed E-state index contributed by atoms with van der Waals surface area (Å²) >= 11 is 6.18. The molecule has 4 rings (SSSR count). The van der Waals surface area contributed by atoms with E-state index in [0.29, 0.717) is 35.7 Å². The molecule has 0 saturated heterocycles. The van der Waals surface area contributed by atoms with Crippen molar-refractivity contribution in [1.29, 1.82) is 0 Å². The summed E-state index contributed by atoms with van der Waals surface area (Å²) in [4.78, 5) is 10.3. The van der Waals surface area contributed by atoms with Crippen LogP contribution in [0.15, 0.2) is 24.8 Å². The molecule has 1 unspecified atom stereocenters. The van der Waals surface area contributed by atoms with Crippen LogP contribution in [0.2, 0.25) is 5.02 Å². The van der Waals surface area contributed by atoms with Crippen molar-refractivity contribution in [3.05, 3.63) is 41.5 Å². The van der Waals surface area contributed by atoms with Gasteiger partial charge in [-0.25, -0.2) is 14.4 Å². The van der Waals surface area contributed by atoms with Gasteiger partial charge in [0.05, 0.1) is 31.2 Å². The molecule has 0 spiro atoms. The molecule has 32 heavy (non-hydrogen) atoms. The van der Waals surface area contributed by atoms with Crippen LogP contribution in [-0.2, 0) is 11.8 Å². The molecule has 2 N–H and O–H groups in total. The zero-order valence-corrected chi connectivity index (χ0v) is 18.8. The highest BCUT2D eigenvalue weighted by atomic mass is 35.5. The minimum atomic E-state index is -1.05. The van der Waals surface area contributed by atoms with Crippen molar-refractivity contribution in [2.24, 2.45) is 7.05 Å². The number of aromatic nitrogens is 6. The number of hydrogen-bond acceptors (Lipinski definition) is 7. The van der Waals surface area contributed by atoms with Crippen molar-refractivity contribution in [3.63, 3.8) is 0 Å². The molecule has 0 aliphatic heterocycles. The average molecular weight is 464 g/mol. The molecule has 1 atom stereocenters. The monoisotopic (exact) mass is 463 g/mol. The van der Waals surface area contributed by atoms with Crippen LogP contribution >= 0.6 is 11.6 Å². The van der Waals surface area contributed by atoms with E-state index in [-0.39, 0.29) is 22.1 Å². The van der Waals surface area contributed by atoms with Crippen LogP contribution < -0.4 is 4.74 Å². The maximum absolute atomic E-state index is 15.3. The molecule has 0 aliphatic rings. The van der Waals surface area contributed by atoms with E-state index >= 15 is 4.39 Å².